The molecule has 0 spiro atoms. The molecule has 0 atom stereocenters. The molecular formula is C13H11BrOS. The van der Waals surface area contributed by atoms with E-state index in [4.69, 9.17) is 0 Å². The average molecular weight is 295 g/mol. The van der Waals surface area contributed by atoms with Crippen molar-refractivity contribution in [1.29, 1.82) is 0 Å². The summed E-state index contributed by atoms with van der Waals surface area (Å²) < 4.78 is 0.882. The normalized spacial score (nSPS) is 10.4. The summed E-state index contributed by atoms with van der Waals surface area (Å²) in [6.45, 7) is 2.01. The Morgan fingerprint density at radius 1 is 1.38 bits per heavy atom. The third-order valence-electron chi connectivity index (χ3n) is 2.37. The highest BCUT2D eigenvalue weighted by Crippen LogP contribution is 2.20. The summed E-state index contributed by atoms with van der Waals surface area (Å²) in [5.41, 5.74) is 3.00. The largest absolute Gasteiger partial charge is 0.294 e. The third-order valence-corrected chi connectivity index (χ3v) is 3.76. The van der Waals surface area contributed by atoms with Crippen LogP contribution in [0.15, 0.2) is 39.5 Å². The minimum absolute atomic E-state index is 0.158. The van der Waals surface area contributed by atoms with Gasteiger partial charge >= 0.3 is 0 Å². The van der Waals surface area contributed by atoms with Crippen LogP contribution < -0.4 is 0 Å². The highest BCUT2D eigenvalue weighted by molar-refractivity contribution is 9.10. The maximum Gasteiger partial charge on any atom is 0.168 e. The molecule has 0 saturated carbocycles. The van der Waals surface area contributed by atoms with Crippen LogP contribution >= 0.6 is 27.3 Å². The Morgan fingerprint density at radius 2 is 2.19 bits per heavy atom. The van der Waals surface area contributed by atoms with Gasteiger partial charge in [-0.05, 0) is 47.0 Å². The average Bonchev–Trinajstić information content (AvgIpc) is 2.70. The van der Waals surface area contributed by atoms with Crippen molar-refractivity contribution in [2.75, 3.05) is 0 Å². The molecule has 1 heterocycles. The van der Waals surface area contributed by atoms with Gasteiger partial charge in [0.05, 0.1) is 0 Å². The van der Waals surface area contributed by atoms with Crippen LogP contribution in [0.4, 0.5) is 0 Å². The SMILES string of the molecule is Cc1ccc(C(=O)Cc2ccsc2)c(Br)c1. The molecule has 0 radical (unpaired) electrons. The first-order valence-electron chi connectivity index (χ1n) is 4.97. The molecule has 0 bridgehead atoms. The van der Waals surface area contributed by atoms with Gasteiger partial charge in [0.2, 0.25) is 0 Å². The minimum atomic E-state index is 0.158. The number of halogens is 1. The number of thiophene rings is 1. The maximum atomic E-state index is 12.0. The summed E-state index contributed by atoms with van der Waals surface area (Å²) in [6, 6.07) is 7.81. The molecule has 0 fully saturated rings. The van der Waals surface area contributed by atoms with E-state index in [0.717, 1.165) is 21.2 Å². The van der Waals surface area contributed by atoms with Crippen LogP contribution in [0.25, 0.3) is 0 Å². The van der Waals surface area contributed by atoms with Crippen LogP contribution in [0.1, 0.15) is 21.5 Å². The van der Waals surface area contributed by atoms with Crippen LogP contribution in [0.3, 0.4) is 0 Å². The van der Waals surface area contributed by atoms with Gasteiger partial charge in [0.1, 0.15) is 0 Å². The van der Waals surface area contributed by atoms with Gasteiger partial charge in [-0.1, -0.05) is 22.0 Å². The summed E-state index contributed by atoms with van der Waals surface area (Å²) in [6.07, 6.45) is 0.477. The molecule has 16 heavy (non-hydrogen) atoms. The second kappa shape index (κ2) is 4.93. The van der Waals surface area contributed by atoms with Gasteiger partial charge < -0.3 is 0 Å². The molecule has 82 valence electrons. The van der Waals surface area contributed by atoms with Gasteiger partial charge in [0.25, 0.3) is 0 Å². The van der Waals surface area contributed by atoms with E-state index in [0.29, 0.717) is 6.42 Å². The molecule has 0 aliphatic rings. The van der Waals surface area contributed by atoms with Gasteiger partial charge in [0.15, 0.2) is 5.78 Å². The van der Waals surface area contributed by atoms with E-state index >= 15 is 0 Å². The lowest BCUT2D eigenvalue weighted by Gasteiger charge is -2.03. The fourth-order valence-electron chi connectivity index (χ4n) is 1.52. The lowest BCUT2D eigenvalue weighted by Crippen LogP contribution is -2.03. The van der Waals surface area contributed by atoms with Crippen molar-refractivity contribution < 1.29 is 4.79 Å². The van der Waals surface area contributed by atoms with Gasteiger partial charge in [-0.2, -0.15) is 11.3 Å². The number of Topliss-reactive ketones (excluding diaryl/α,β-unsaturated/α-hetero) is 1. The van der Waals surface area contributed by atoms with E-state index in [1.165, 1.54) is 0 Å². The molecule has 1 aromatic carbocycles. The zero-order chi connectivity index (χ0) is 11.5. The van der Waals surface area contributed by atoms with Gasteiger partial charge in [-0.3, -0.25) is 4.79 Å². The van der Waals surface area contributed by atoms with Gasteiger partial charge in [-0.25, -0.2) is 0 Å². The fourth-order valence-corrected chi connectivity index (χ4v) is 2.90. The molecule has 0 unspecified atom stereocenters. The Balaban J connectivity index is 2.21. The third kappa shape index (κ3) is 2.60. The van der Waals surface area contributed by atoms with E-state index in [1.54, 1.807) is 11.3 Å². The molecule has 0 saturated heterocycles. The van der Waals surface area contributed by atoms with Crippen molar-refractivity contribution in [2.45, 2.75) is 13.3 Å². The summed E-state index contributed by atoms with van der Waals surface area (Å²) in [5, 5.41) is 4.01. The van der Waals surface area contributed by atoms with Crippen LogP contribution in [0.5, 0.6) is 0 Å². The second-order valence-corrected chi connectivity index (χ2v) is 5.35. The Labute approximate surface area is 107 Å². The number of benzene rings is 1. The van der Waals surface area contributed by atoms with Crippen molar-refractivity contribution in [3.8, 4) is 0 Å². The zero-order valence-electron chi connectivity index (χ0n) is 8.87. The molecule has 0 aliphatic carbocycles. The summed E-state index contributed by atoms with van der Waals surface area (Å²) >= 11 is 5.05. The lowest BCUT2D eigenvalue weighted by molar-refractivity contribution is 0.0992. The Bertz CT molecular complexity index is 503. The quantitative estimate of drug-likeness (QED) is 0.774. The smallest absolute Gasteiger partial charge is 0.168 e. The van der Waals surface area contributed by atoms with Gasteiger partial charge in [-0.15, -0.1) is 0 Å². The predicted octanol–water partition coefficient (Wildman–Crippen LogP) is 4.24. The summed E-state index contributed by atoms with van der Waals surface area (Å²) in [5.74, 6) is 0.158. The van der Waals surface area contributed by atoms with Crippen molar-refractivity contribution in [3.63, 3.8) is 0 Å². The van der Waals surface area contributed by atoms with Crippen molar-refractivity contribution in [1.82, 2.24) is 0 Å². The Hall–Kier alpha value is -0.930. The van der Waals surface area contributed by atoms with E-state index in [9.17, 15) is 4.79 Å². The Kier molecular flexibility index (Phi) is 3.56. The number of carbonyl (C=O) groups excluding carboxylic acids is 1. The zero-order valence-corrected chi connectivity index (χ0v) is 11.3. The van der Waals surface area contributed by atoms with Gasteiger partial charge in [0, 0.05) is 16.5 Å². The van der Waals surface area contributed by atoms with Crippen molar-refractivity contribution in [2.24, 2.45) is 0 Å². The van der Waals surface area contributed by atoms with E-state index in [-0.39, 0.29) is 5.78 Å². The molecule has 0 amide bonds. The standard InChI is InChI=1S/C13H11BrOS/c1-9-2-3-11(12(14)6-9)13(15)7-10-4-5-16-8-10/h2-6,8H,7H2,1H3. The van der Waals surface area contributed by atoms with Crippen molar-refractivity contribution in [3.05, 3.63) is 56.2 Å². The van der Waals surface area contributed by atoms with E-state index in [2.05, 4.69) is 15.9 Å². The van der Waals surface area contributed by atoms with Crippen LogP contribution in [-0.4, -0.2) is 5.78 Å². The molecule has 1 nitrogen and oxygen atoms in total. The summed E-state index contributed by atoms with van der Waals surface area (Å²) in [4.78, 5) is 12.0. The van der Waals surface area contributed by atoms with Crippen LogP contribution in [0.2, 0.25) is 0 Å². The highest BCUT2D eigenvalue weighted by Gasteiger charge is 2.10. The van der Waals surface area contributed by atoms with E-state index in [1.807, 2.05) is 41.9 Å². The monoisotopic (exact) mass is 294 g/mol. The predicted molar refractivity (Wildman–Crippen MR) is 71.2 cm³/mol. The number of carbonyl (C=O) groups is 1. The van der Waals surface area contributed by atoms with Crippen LogP contribution in [0, 0.1) is 6.92 Å². The number of hydrogen-bond acceptors (Lipinski definition) is 2. The molecule has 1 aromatic heterocycles. The minimum Gasteiger partial charge on any atom is -0.294 e. The number of ketones is 1. The number of hydrogen-bond donors (Lipinski definition) is 0. The summed E-state index contributed by atoms with van der Waals surface area (Å²) in [7, 11) is 0. The second-order valence-electron chi connectivity index (χ2n) is 3.71. The molecule has 0 N–H and O–H groups in total. The first-order valence-corrected chi connectivity index (χ1v) is 6.71. The molecule has 3 heteroatoms. The van der Waals surface area contributed by atoms with Crippen molar-refractivity contribution >= 4 is 33.0 Å². The number of rotatable bonds is 3. The maximum absolute atomic E-state index is 12.0. The topological polar surface area (TPSA) is 17.1 Å². The van der Waals surface area contributed by atoms with Crippen LogP contribution in [-0.2, 0) is 6.42 Å². The van der Waals surface area contributed by atoms with E-state index < -0.39 is 0 Å². The number of aryl methyl sites for hydroxylation is 1. The molecule has 2 rings (SSSR count). The molecule has 2 aromatic rings. The Morgan fingerprint density at radius 3 is 2.81 bits per heavy atom. The highest BCUT2D eigenvalue weighted by atomic mass is 79.9. The first kappa shape index (κ1) is 11.6. The fraction of sp³-hybridized carbons (Fsp3) is 0.154. The first-order chi connectivity index (χ1) is 7.66. The molecule has 0 aliphatic heterocycles. The molecular weight excluding hydrogens is 284 g/mol. The lowest BCUT2D eigenvalue weighted by atomic mass is 10.0.